The number of anilines is 2. The fourth-order valence-electron chi connectivity index (χ4n) is 2.53. The van der Waals surface area contributed by atoms with Crippen LogP contribution in [-0.4, -0.2) is 17.5 Å². The highest BCUT2D eigenvalue weighted by Crippen LogP contribution is 2.22. The molecule has 0 atom stereocenters. The van der Waals surface area contributed by atoms with E-state index < -0.39 is 0 Å². The molecule has 2 heterocycles. The Kier molecular flexibility index (Phi) is 3.81. The van der Waals surface area contributed by atoms with Crippen molar-refractivity contribution in [1.29, 1.82) is 0 Å². The fourth-order valence-corrected chi connectivity index (χ4v) is 2.53. The maximum Gasteiger partial charge on any atom is 0.199 e. The zero-order valence-electron chi connectivity index (χ0n) is 13.0. The van der Waals surface area contributed by atoms with Gasteiger partial charge in [0.1, 0.15) is 6.67 Å². The second kappa shape index (κ2) is 6.42. The number of para-hydroxylation sites is 2. The van der Waals surface area contributed by atoms with Gasteiger partial charge in [-0.1, -0.05) is 36.4 Å². The first-order valence-electron chi connectivity index (χ1n) is 7.76. The summed E-state index contributed by atoms with van der Waals surface area (Å²) in [5, 5.41) is 8.62. The van der Waals surface area contributed by atoms with E-state index in [0.717, 1.165) is 16.9 Å². The number of amidine groups is 1. The van der Waals surface area contributed by atoms with Crippen molar-refractivity contribution in [3.05, 3.63) is 90.8 Å². The van der Waals surface area contributed by atoms with Crippen molar-refractivity contribution in [2.24, 2.45) is 5.10 Å². The molecule has 0 saturated carbocycles. The predicted molar refractivity (Wildman–Crippen MR) is 95.6 cm³/mol. The van der Waals surface area contributed by atoms with Crippen LogP contribution in [0.3, 0.4) is 0 Å². The molecule has 3 aromatic rings. The molecule has 1 aliphatic heterocycles. The van der Waals surface area contributed by atoms with Crippen molar-refractivity contribution in [2.75, 3.05) is 16.7 Å². The van der Waals surface area contributed by atoms with Gasteiger partial charge in [-0.05, 0) is 36.4 Å². The van der Waals surface area contributed by atoms with E-state index in [0.29, 0.717) is 12.5 Å². The molecule has 0 fully saturated rings. The highest BCUT2D eigenvalue weighted by molar-refractivity contribution is 6.00. The third-order valence-electron chi connectivity index (χ3n) is 3.75. The van der Waals surface area contributed by atoms with Crippen LogP contribution in [0.5, 0.6) is 0 Å². The average Bonchev–Trinajstić information content (AvgIpc) is 2.70. The smallest absolute Gasteiger partial charge is 0.199 e. The molecule has 1 aromatic heterocycles. The van der Waals surface area contributed by atoms with E-state index in [1.807, 2.05) is 82.8 Å². The van der Waals surface area contributed by atoms with Gasteiger partial charge in [0, 0.05) is 18.0 Å². The molecule has 1 radical (unpaired) electrons. The molecule has 5 nitrogen and oxygen atoms in total. The highest BCUT2D eigenvalue weighted by Gasteiger charge is 2.23. The van der Waals surface area contributed by atoms with E-state index in [1.54, 1.807) is 12.4 Å². The lowest BCUT2D eigenvalue weighted by molar-refractivity contribution is 0.671. The van der Waals surface area contributed by atoms with Crippen molar-refractivity contribution >= 4 is 17.2 Å². The topological polar surface area (TPSA) is 45.8 Å². The van der Waals surface area contributed by atoms with Gasteiger partial charge < -0.3 is 0 Å². The average molecular weight is 314 g/mol. The Morgan fingerprint density at radius 1 is 0.667 bits per heavy atom. The highest BCUT2D eigenvalue weighted by atomic mass is 15.7. The number of hydrogen-bond acceptors (Lipinski definition) is 4. The van der Waals surface area contributed by atoms with E-state index in [2.05, 4.69) is 4.98 Å². The summed E-state index contributed by atoms with van der Waals surface area (Å²) in [7, 11) is 0. The maximum absolute atomic E-state index is 4.71. The van der Waals surface area contributed by atoms with E-state index in [9.17, 15) is 0 Å². The van der Waals surface area contributed by atoms with E-state index in [1.165, 1.54) is 0 Å². The van der Waals surface area contributed by atoms with Gasteiger partial charge in [0.15, 0.2) is 5.84 Å². The summed E-state index contributed by atoms with van der Waals surface area (Å²) in [4.78, 5) is 4.07. The van der Waals surface area contributed by atoms with Crippen LogP contribution in [0.25, 0.3) is 0 Å². The number of aromatic nitrogens is 1. The van der Waals surface area contributed by atoms with Gasteiger partial charge >= 0.3 is 0 Å². The third-order valence-corrected chi connectivity index (χ3v) is 3.75. The summed E-state index contributed by atoms with van der Waals surface area (Å²) in [6.07, 6.45) is 3.50. The minimum atomic E-state index is 0.558. The first-order chi connectivity index (χ1) is 11.9. The standard InChI is InChI=1S/C19H16N5/c1-3-7-17(8-4-1)23-15-24(18-9-5-2-6-10-18)22-19(21-23)16-11-13-20-14-12-16/h1-14H,15H2. The SMILES string of the molecule is c1ccc(N2CN(c3ccccc3)N=C(c3ccncc3)[N]2)cc1. The summed E-state index contributed by atoms with van der Waals surface area (Å²) < 4.78 is 0. The lowest BCUT2D eigenvalue weighted by Gasteiger charge is -2.34. The van der Waals surface area contributed by atoms with Gasteiger partial charge in [-0.15, -0.1) is 10.5 Å². The van der Waals surface area contributed by atoms with Crippen molar-refractivity contribution in [2.45, 2.75) is 0 Å². The Balaban J connectivity index is 1.73. The van der Waals surface area contributed by atoms with Crippen LogP contribution in [0.2, 0.25) is 0 Å². The number of rotatable bonds is 3. The fraction of sp³-hybridized carbons (Fsp3) is 0.0526. The molecule has 5 heteroatoms. The first kappa shape index (κ1) is 14.3. The Hall–Kier alpha value is -3.34. The van der Waals surface area contributed by atoms with Crippen molar-refractivity contribution in [3.63, 3.8) is 0 Å². The van der Waals surface area contributed by atoms with Gasteiger partial charge in [0.2, 0.25) is 0 Å². The molecular weight excluding hydrogens is 298 g/mol. The van der Waals surface area contributed by atoms with Crippen LogP contribution in [0, 0.1) is 0 Å². The number of pyridine rings is 1. The molecule has 0 saturated heterocycles. The third kappa shape index (κ3) is 2.92. The van der Waals surface area contributed by atoms with Gasteiger partial charge in [-0.3, -0.25) is 4.98 Å². The zero-order valence-corrected chi connectivity index (χ0v) is 13.0. The predicted octanol–water partition coefficient (Wildman–Crippen LogP) is 3.25. The molecule has 0 N–H and O–H groups in total. The van der Waals surface area contributed by atoms with Crippen molar-refractivity contribution < 1.29 is 0 Å². The molecule has 0 unspecified atom stereocenters. The Morgan fingerprint density at radius 3 is 1.88 bits per heavy atom. The largest absolute Gasteiger partial charge is 0.265 e. The Bertz CT molecular complexity index is 818. The molecule has 0 spiro atoms. The second-order valence-electron chi connectivity index (χ2n) is 5.37. The number of benzene rings is 2. The maximum atomic E-state index is 4.71. The monoisotopic (exact) mass is 314 g/mol. The van der Waals surface area contributed by atoms with Crippen LogP contribution < -0.4 is 15.4 Å². The van der Waals surface area contributed by atoms with E-state index in [4.69, 9.17) is 10.5 Å². The molecule has 1 aliphatic rings. The molecule has 4 rings (SSSR count). The van der Waals surface area contributed by atoms with E-state index >= 15 is 0 Å². The molecule has 117 valence electrons. The van der Waals surface area contributed by atoms with Gasteiger partial charge in [0.05, 0.1) is 11.4 Å². The van der Waals surface area contributed by atoms with Crippen molar-refractivity contribution in [1.82, 2.24) is 10.4 Å². The van der Waals surface area contributed by atoms with Crippen LogP contribution in [0.15, 0.2) is 90.3 Å². The molecule has 0 bridgehead atoms. The minimum Gasteiger partial charge on any atom is -0.265 e. The molecule has 0 aliphatic carbocycles. The zero-order chi connectivity index (χ0) is 16.2. The summed E-state index contributed by atoms with van der Waals surface area (Å²) in [6.45, 7) is 0.558. The quantitative estimate of drug-likeness (QED) is 0.745. The van der Waals surface area contributed by atoms with Crippen molar-refractivity contribution in [3.8, 4) is 0 Å². The molecule has 2 aromatic carbocycles. The lowest BCUT2D eigenvalue weighted by Crippen LogP contribution is -2.48. The summed E-state index contributed by atoms with van der Waals surface area (Å²) >= 11 is 0. The van der Waals surface area contributed by atoms with Crippen LogP contribution in [0.1, 0.15) is 5.56 Å². The van der Waals surface area contributed by atoms with Gasteiger partial charge in [0.25, 0.3) is 0 Å². The van der Waals surface area contributed by atoms with Crippen LogP contribution in [-0.2, 0) is 0 Å². The minimum absolute atomic E-state index is 0.558. The second-order valence-corrected chi connectivity index (χ2v) is 5.37. The number of nitrogens with zero attached hydrogens (tertiary/aromatic N) is 5. The summed E-state index contributed by atoms with van der Waals surface area (Å²) in [6, 6.07) is 24.0. The van der Waals surface area contributed by atoms with Gasteiger partial charge in [-0.2, -0.15) is 0 Å². The normalized spacial score (nSPS) is 14.1. The molecular formula is C19H16N5. The summed E-state index contributed by atoms with van der Waals surface area (Å²) in [5.41, 5.74) is 7.70. The Labute approximate surface area is 140 Å². The first-order valence-corrected chi connectivity index (χ1v) is 7.76. The van der Waals surface area contributed by atoms with Crippen LogP contribution in [0.4, 0.5) is 11.4 Å². The summed E-state index contributed by atoms with van der Waals surface area (Å²) in [5.74, 6) is 0.663. The number of hydrazone groups is 1. The lowest BCUT2D eigenvalue weighted by atomic mass is 10.2. The van der Waals surface area contributed by atoms with Crippen LogP contribution >= 0.6 is 0 Å². The number of hydrogen-bond donors (Lipinski definition) is 0. The van der Waals surface area contributed by atoms with Gasteiger partial charge in [-0.25, -0.2) is 10.0 Å². The Morgan fingerprint density at radius 2 is 1.25 bits per heavy atom. The molecule has 24 heavy (non-hydrogen) atoms. The van der Waals surface area contributed by atoms with E-state index in [-0.39, 0.29) is 0 Å². The molecule has 0 amide bonds.